The molecule has 1 unspecified atom stereocenters. The molecule has 0 aliphatic rings. The van der Waals surface area contributed by atoms with E-state index in [1.54, 1.807) is 7.11 Å². The molecule has 3 nitrogen and oxygen atoms in total. The highest BCUT2D eigenvalue weighted by Crippen LogP contribution is 2.28. The predicted molar refractivity (Wildman–Crippen MR) is 69.7 cm³/mol. The molecule has 0 saturated carbocycles. The molecule has 3 heteroatoms. The van der Waals surface area contributed by atoms with Crippen LogP contribution < -0.4 is 4.74 Å². The van der Waals surface area contributed by atoms with Crippen molar-refractivity contribution in [3.63, 3.8) is 0 Å². The Morgan fingerprint density at radius 1 is 1.35 bits per heavy atom. The zero-order valence-electron chi connectivity index (χ0n) is 10.6. The number of hydrogen-bond acceptors (Lipinski definition) is 2. The van der Waals surface area contributed by atoms with Crippen LogP contribution >= 0.6 is 0 Å². The van der Waals surface area contributed by atoms with Gasteiger partial charge in [0.25, 0.3) is 0 Å². The van der Waals surface area contributed by atoms with Crippen molar-refractivity contribution < 1.29 is 9.84 Å². The third-order valence-electron chi connectivity index (χ3n) is 3.24. The molecule has 0 saturated heterocycles. The Labute approximate surface area is 102 Å². The summed E-state index contributed by atoms with van der Waals surface area (Å²) in [6, 6.07) is 8.23. The maximum absolute atomic E-state index is 9.30. The molecule has 0 spiro atoms. The fourth-order valence-corrected chi connectivity index (χ4v) is 2.25. The third-order valence-corrected chi connectivity index (χ3v) is 3.24. The summed E-state index contributed by atoms with van der Waals surface area (Å²) in [5.41, 5.74) is 2.38. The smallest absolute Gasteiger partial charge is 0.119 e. The lowest BCUT2D eigenvalue weighted by Crippen LogP contribution is -2.07. The molecule has 2 aromatic rings. The second kappa shape index (κ2) is 4.80. The fourth-order valence-electron chi connectivity index (χ4n) is 2.25. The van der Waals surface area contributed by atoms with E-state index in [0.29, 0.717) is 0 Å². The van der Waals surface area contributed by atoms with Crippen LogP contribution in [0.3, 0.4) is 0 Å². The van der Waals surface area contributed by atoms with Gasteiger partial charge in [0.2, 0.25) is 0 Å². The van der Waals surface area contributed by atoms with Crippen LogP contribution in [0, 0.1) is 0 Å². The van der Waals surface area contributed by atoms with E-state index in [0.717, 1.165) is 12.3 Å². The Hall–Kier alpha value is -1.48. The molecule has 0 fully saturated rings. The van der Waals surface area contributed by atoms with Gasteiger partial charge in [0.1, 0.15) is 5.75 Å². The van der Waals surface area contributed by atoms with Crippen LogP contribution in [0.2, 0.25) is 0 Å². The summed E-state index contributed by atoms with van der Waals surface area (Å²) >= 11 is 0. The number of nitrogens with zero attached hydrogens (tertiary/aromatic N) is 1. The van der Waals surface area contributed by atoms with E-state index in [-0.39, 0.29) is 12.5 Å². The summed E-state index contributed by atoms with van der Waals surface area (Å²) in [5, 5.41) is 10.5. The second-order valence-corrected chi connectivity index (χ2v) is 4.32. The lowest BCUT2D eigenvalue weighted by molar-refractivity contribution is 0.269. The molecule has 0 radical (unpaired) electrons. The summed E-state index contributed by atoms with van der Waals surface area (Å²) in [6.45, 7) is 5.25. The lowest BCUT2D eigenvalue weighted by Gasteiger charge is -2.12. The molecular weight excluding hydrogens is 214 g/mol. The molecule has 1 aromatic heterocycles. The number of methoxy groups -OCH3 is 1. The lowest BCUT2D eigenvalue weighted by atomic mass is 10.1. The first-order valence-electron chi connectivity index (χ1n) is 5.99. The molecule has 2 rings (SSSR count). The van der Waals surface area contributed by atoms with Crippen LogP contribution in [0.25, 0.3) is 10.9 Å². The Balaban J connectivity index is 2.61. The van der Waals surface area contributed by atoms with Gasteiger partial charge < -0.3 is 14.4 Å². The monoisotopic (exact) mass is 233 g/mol. The van der Waals surface area contributed by atoms with Gasteiger partial charge in [-0.05, 0) is 31.2 Å². The van der Waals surface area contributed by atoms with Gasteiger partial charge in [-0.15, -0.1) is 0 Å². The minimum absolute atomic E-state index is 0.161. The topological polar surface area (TPSA) is 34.4 Å². The maximum atomic E-state index is 9.30. The van der Waals surface area contributed by atoms with Gasteiger partial charge in [-0.25, -0.2) is 0 Å². The third kappa shape index (κ3) is 2.03. The Bertz CT molecular complexity index is 516. The van der Waals surface area contributed by atoms with Gasteiger partial charge in [0, 0.05) is 29.1 Å². The highest BCUT2D eigenvalue weighted by molar-refractivity contribution is 5.83. The van der Waals surface area contributed by atoms with Crippen LogP contribution in [0.5, 0.6) is 5.75 Å². The summed E-state index contributed by atoms with van der Waals surface area (Å²) < 4.78 is 7.48. The van der Waals surface area contributed by atoms with Gasteiger partial charge in [-0.3, -0.25) is 0 Å². The van der Waals surface area contributed by atoms with E-state index >= 15 is 0 Å². The van der Waals surface area contributed by atoms with E-state index in [2.05, 4.69) is 23.6 Å². The van der Waals surface area contributed by atoms with Crippen molar-refractivity contribution in [3.8, 4) is 5.75 Å². The summed E-state index contributed by atoms with van der Waals surface area (Å²) in [4.78, 5) is 0. The normalized spacial score (nSPS) is 12.9. The number of fused-ring (bicyclic) bond motifs is 1. The fraction of sp³-hybridized carbons (Fsp3) is 0.429. The number of benzene rings is 1. The first kappa shape index (κ1) is 12.0. The number of aromatic nitrogens is 1. The zero-order valence-corrected chi connectivity index (χ0v) is 10.6. The van der Waals surface area contributed by atoms with E-state index in [1.165, 1.54) is 16.6 Å². The van der Waals surface area contributed by atoms with Gasteiger partial charge >= 0.3 is 0 Å². The molecule has 0 amide bonds. The molecule has 0 bridgehead atoms. The van der Waals surface area contributed by atoms with Gasteiger partial charge in [0.05, 0.1) is 13.7 Å². The van der Waals surface area contributed by atoms with E-state index in [9.17, 15) is 5.11 Å². The summed E-state index contributed by atoms with van der Waals surface area (Å²) in [6.07, 6.45) is 0. The quantitative estimate of drug-likeness (QED) is 0.881. The first-order valence-corrected chi connectivity index (χ1v) is 5.99. The Morgan fingerprint density at radius 3 is 2.71 bits per heavy atom. The molecular formula is C14H19NO2. The van der Waals surface area contributed by atoms with Crippen molar-refractivity contribution in [1.29, 1.82) is 0 Å². The second-order valence-electron chi connectivity index (χ2n) is 4.32. The number of aliphatic hydroxyl groups excluding tert-OH is 1. The van der Waals surface area contributed by atoms with Gasteiger partial charge in [0.15, 0.2) is 0 Å². The van der Waals surface area contributed by atoms with Crippen molar-refractivity contribution in [2.75, 3.05) is 13.7 Å². The van der Waals surface area contributed by atoms with E-state index in [4.69, 9.17) is 4.74 Å². The molecule has 1 heterocycles. The minimum atomic E-state index is 0.161. The molecule has 92 valence electrons. The van der Waals surface area contributed by atoms with E-state index in [1.807, 2.05) is 19.1 Å². The number of aliphatic hydroxyl groups is 1. The number of ether oxygens (including phenoxy) is 1. The minimum Gasteiger partial charge on any atom is -0.497 e. The standard InChI is InChI=1S/C14H19NO2/c1-4-15-13-6-5-12(17-3)7-11(13)8-14(15)10(2)9-16/h5-8,10,16H,4,9H2,1-3H3. The van der Waals surface area contributed by atoms with Crippen molar-refractivity contribution in [2.45, 2.75) is 26.3 Å². The van der Waals surface area contributed by atoms with Crippen molar-refractivity contribution >= 4 is 10.9 Å². The van der Waals surface area contributed by atoms with Crippen LogP contribution in [0.15, 0.2) is 24.3 Å². The molecule has 0 aliphatic carbocycles. The average molecular weight is 233 g/mol. The maximum Gasteiger partial charge on any atom is 0.119 e. The number of aryl methyl sites for hydroxylation is 1. The first-order chi connectivity index (χ1) is 8.21. The molecule has 0 aliphatic heterocycles. The number of rotatable bonds is 4. The van der Waals surface area contributed by atoms with Crippen molar-refractivity contribution in [3.05, 3.63) is 30.0 Å². The largest absolute Gasteiger partial charge is 0.497 e. The summed E-state index contributed by atoms with van der Waals surface area (Å²) in [7, 11) is 1.68. The van der Waals surface area contributed by atoms with Crippen LogP contribution in [-0.2, 0) is 6.54 Å². The predicted octanol–water partition coefficient (Wildman–Crippen LogP) is 2.77. The average Bonchev–Trinajstić information content (AvgIpc) is 2.74. The van der Waals surface area contributed by atoms with E-state index < -0.39 is 0 Å². The van der Waals surface area contributed by atoms with Crippen LogP contribution in [-0.4, -0.2) is 23.4 Å². The molecule has 1 aromatic carbocycles. The van der Waals surface area contributed by atoms with Crippen LogP contribution in [0.1, 0.15) is 25.5 Å². The zero-order chi connectivity index (χ0) is 12.4. The van der Waals surface area contributed by atoms with Crippen molar-refractivity contribution in [2.24, 2.45) is 0 Å². The molecule has 1 N–H and O–H groups in total. The van der Waals surface area contributed by atoms with Crippen LogP contribution in [0.4, 0.5) is 0 Å². The summed E-state index contributed by atoms with van der Waals surface area (Å²) in [5.74, 6) is 1.03. The SMILES string of the molecule is CCn1c(C(C)CO)cc2cc(OC)ccc21. The van der Waals surface area contributed by atoms with Gasteiger partial charge in [-0.1, -0.05) is 6.92 Å². The molecule has 17 heavy (non-hydrogen) atoms. The Kier molecular flexibility index (Phi) is 3.38. The highest BCUT2D eigenvalue weighted by atomic mass is 16.5. The molecule has 1 atom stereocenters. The van der Waals surface area contributed by atoms with Gasteiger partial charge in [-0.2, -0.15) is 0 Å². The van der Waals surface area contributed by atoms with Crippen molar-refractivity contribution in [1.82, 2.24) is 4.57 Å². The Morgan fingerprint density at radius 2 is 2.12 bits per heavy atom. The highest BCUT2D eigenvalue weighted by Gasteiger charge is 2.13. The number of hydrogen-bond donors (Lipinski definition) is 1.